The van der Waals surface area contributed by atoms with E-state index in [2.05, 4.69) is 23.9 Å². The first-order chi connectivity index (χ1) is 16.6. The quantitative estimate of drug-likeness (QED) is 0.262. The summed E-state index contributed by atoms with van der Waals surface area (Å²) in [5.74, 6) is -0.481. The number of aromatic nitrogens is 4. The van der Waals surface area contributed by atoms with Gasteiger partial charge in [-0.3, -0.25) is 4.98 Å². The maximum atomic E-state index is 12.5. The molecule has 0 saturated heterocycles. The molecule has 3 aromatic heterocycles. The van der Waals surface area contributed by atoms with Crippen LogP contribution in [0.5, 0.6) is 5.75 Å². The summed E-state index contributed by atoms with van der Waals surface area (Å²) in [5.41, 5.74) is 5.11. The van der Waals surface area contributed by atoms with Gasteiger partial charge in [0.15, 0.2) is 5.69 Å². The zero-order chi connectivity index (χ0) is 25.4. The summed E-state index contributed by atoms with van der Waals surface area (Å²) in [6.07, 6.45) is 0. The normalized spacial score (nSPS) is 11.3. The molecular formula is C25H25ClN4O3S2. The number of halogens is 1. The highest BCUT2D eigenvalue weighted by Crippen LogP contribution is 2.44. The van der Waals surface area contributed by atoms with Crippen molar-refractivity contribution in [3.05, 3.63) is 58.1 Å². The van der Waals surface area contributed by atoms with Gasteiger partial charge in [0.05, 0.1) is 17.0 Å². The first-order valence-corrected chi connectivity index (χ1v) is 13.0. The van der Waals surface area contributed by atoms with Gasteiger partial charge in [-0.15, -0.1) is 11.8 Å². The van der Waals surface area contributed by atoms with Crippen molar-refractivity contribution < 1.29 is 14.6 Å². The molecule has 0 radical (unpaired) electrons. The Morgan fingerprint density at radius 3 is 2.43 bits per heavy atom. The standard InChI is InChI=1S/C25H25ClN4O3S2/c1-12(2)34-24-21(18-8-7-17(26)11-19(18)33-6)28-25(35-24)30-22(23(31)32)20(15(5)29-30)16-9-13(3)27-14(4)10-16/h7-12H,1-6H3,(H,31,32). The number of carboxylic acid groups (broad SMARTS) is 1. The lowest BCUT2D eigenvalue weighted by Crippen LogP contribution is -2.09. The second kappa shape index (κ2) is 10.0. The molecule has 0 unspecified atom stereocenters. The number of aryl methyl sites for hydroxylation is 3. The van der Waals surface area contributed by atoms with Crippen LogP contribution in [-0.2, 0) is 0 Å². The molecule has 0 atom stereocenters. The molecule has 0 bridgehead atoms. The Morgan fingerprint density at radius 1 is 1.14 bits per heavy atom. The minimum atomic E-state index is -1.08. The smallest absolute Gasteiger partial charge is 0.355 e. The van der Waals surface area contributed by atoms with Gasteiger partial charge < -0.3 is 9.84 Å². The van der Waals surface area contributed by atoms with Crippen LogP contribution in [0.3, 0.4) is 0 Å². The molecule has 0 aliphatic rings. The van der Waals surface area contributed by atoms with E-state index in [1.165, 1.54) is 16.0 Å². The van der Waals surface area contributed by atoms with Crippen LogP contribution in [0, 0.1) is 20.8 Å². The van der Waals surface area contributed by atoms with Crippen molar-refractivity contribution in [1.29, 1.82) is 0 Å². The van der Waals surface area contributed by atoms with Gasteiger partial charge in [-0.05, 0) is 56.7 Å². The Morgan fingerprint density at radius 2 is 1.83 bits per heavy atom. The third kappa shape index (κ3) is 5.07. The zero-order valence-corrected chi connectivity index (χ0v) is 22.6. The molecule has 182 valence electrons. The monoisotopic (exact) mass is 528 g/mol. The average Bonchev–Trinajstić information content (AvgIpc) is 3.33. The number of hydrogen-bond acceptors (Lipinski definition) is 7. The fourth-order valence-electron chi connectivity index (χ4n) is 3.90. The Kier molecular flexibility index (Phi) is 7.21. The number of rotatable bonds is 7. The number of hydrogen-bond donors (Lipinski definition) is 1. The Hall–Kier alpha value is -2.88. The number of benzene rings is 1. The predicted octanol–water partition coefficient (Wildman–Crippen LogP) is 6.84. The van der Waals surface area contributed by atoms with Gasteiger partial charge in [0.25, 0.3) is 0 Å². The first-order valence-electron chi connectivity index (χ1n) is 10.9. The summed E-state index contributed by atoms with van der Waals surface area (Å²) < 4.78 is 7.94. The molecule has 0 amide bonds. The minimum Gasteiger partial charge on any atom is -0.496 e. The van der Waals surface area contributed by atoms with Crippen molar-refractivity contribution >= 4 is 40.7 Å². The van der Waals surface area contributed by atoms with Gasteiger partial charge in [0.1, 0.15) is 11.4 Å². The number of aromatic carboxylic acids is 1. The lowest BCUT2D eigenvalue weighted by Gasteiger charge is -2.09. The summed E-state index contributed by atoms with van der Waals surface area (Å²) in [5, 5.41) is 16.2. The molecule has 1 aromatic carbocycles. The van der Waals surface area contributed by atoms with E-state index in [1.54, 1.807) is 31.0 Å². The number of carbonyl (C=O) groups is 1. The van der Waals surface area contributed by atoms with Crippen molar-refractivity contribution in [3.8, 4) is 33.3 Å². The second-order valence-electron chi connectivity index (χ2n) is 8.31. The number of carboxylic acids is 1. The van der Waals surface area contributed by atoms with Crippen LogP contribution in [0.2, 0.25) is 5.02 Å². The molecular weight excluding hydrogens is 504 g/mol. The Bertz CT molecular complexity index is 1410. The van der Waals surface area contributed by atoms with Crippen LogP contribution < -0.4 is 4.74 Å². The van der Waals surface area contributed by atoms with E-state index >= 15 is 0 Å². The number of thioether (sulfide) groups is 1. The third-order valence-electron chi connectivity index (χ3n) is 5.16. The third-order valence-corrected chi connectivity index (χ3v) is 7.64. The molecule has 1 N–H and O–H groups in total. The van der Waals surface area contributed by atoms with Crippen LogP contribution in [-0.4, -0.2) is 43.2 Å². The van der Waals surface area contributed by atoms with Gasteiger partial charge in [-0.25, -0.2) is 9.78 Å². The summed E-state index contributed by atoms with van der Waals surface area (Å²) in [6, 6.07) is 9.14. The SMILES string of the molecule is COc1cc(Cl)ccc1-c1nc(-n2nc(C)c(-c3cc(C)nc(C)c3)c2C(=O)O)sc1SC(C)C. The van der Waals surface area contributed by atoms with Crippen LogP contribution in [0.1, 0.15) is 41.4 Å². The van der Waals surface area contributed by atoms with E-state index in [0.717, 1.165) is 26.7 Å². The summed E-state index contributed by atoms with van der Waals surface area (Å²) in [4.78, 5) is 21.8. The molecule has 0 aliphatic heterocycles. The van der Waals surface area contributed by atoms with E-state index in [9.17, 15) is 9.90 Å². The van der Waals surface area contributed by atoms with E-state index < -0.39 is 5.97 Å². The van der Waals surface area contributed by atoms with Crippen molar-refractivity contribution in [2.24, 2.45) is 0 Å². The number of ether oxygens (including phenoxy) is 1. The fraction of sp³-hybridized carbons (Fsp3) is 0.280. The molecule has 0 fully saturated rings. The lowest BCUT2D eigenvalue weighted by atomic mass is 10.0. The number of methoxy groups -OCH3 is 1. The maximum absolute atomic E-state index is 12.5. The van der Waals surface area contributed by atoms with Gasteiger partial charge in [0.2, 0.25) is 5.13 Å². The van der Waals surface area contributed by atoms with E-state index in [4.69, 9.17) is 21.3 Å². The van der Waals surface area contributed by atoms with E-state index in [-0.39, 0.29) is 10.9 Å². The minimum absolute atomic E-state index is 0.0666. The molecule has 4 aromatic rings. The average molecular weight is 529 g/mol. The molecule has 0 saturated carbocycles. The van der Waals surface area contributed by atoms with Crippen molar-refractivity contribution in [1.82, 2.24) is 19.7 Å². The van der Waals surface area contributed by atoms with Gasteiger partial charge >= 0.3 is 5.97 Å². The van der Waals surface area contributed by atoms with Crippen LogP contribution >= 0.6 is 34.7 Å². The molecule has 0 spiro atoms. The number of pyridine rings is 1. The highest BCUT2D eigenvalue weighted by molar-refractivity contribution is 8.01. The molecule has 4 rings (SSSR count). The Labute approximate surface area is 217 Å². The number of nitrogens with zero attached hydrogens (tertiary/aromatic N) is 4. The largest absolute Gasteiger partial charge is 0.496 e. The predicted molar refractivity (Wildman–Crippen MR) is 142 cm³/mol. The molecule has 7 nitrogen and oxygen atoms in total. The molecule has 35 heavy (non-hydrogen) atoms. The number of thiazole rings is 1. The Balaban J connectivity index is 1.95. The van der Waals surface area contributed by atoms with E-state index in [1.807, 2.05) is 39.0 Å². The summed E-state index contributed by atoms with van der Waals surface area (Å²) in [6.45, 7) is 9.78. The van der Waals surface area contributed by atoms with Crippen LogP contribution in [0.4, 0.5) is 0 Å². The van der Waals surface area contributed by atoms with Gasteiger partial charge in [-0.1, -0.05) is 36.8 Å². The first kappa shape index (κ1) is 25.2. The van der Waals surface area contributed by atoms with Crippen LogP contribution in [0.25, 0.3) is 27.5 Å². The fourth-order valence-corrected chi connectivity index (χ4v) is 6.52. The summed E-state index contributed by atoms with van der Waals surface area (Å²) >= 11 is 9.23. The zero-order valence-electron chi connectivity index (χ0n) is 20.2. The van der Waals surface area contributed by atoms with Crippen molar-refractivity contribution in [3.63, 3.8) is 0 Å². The van der Waals surface area contributed by atoms with Crippen molar-refractivity contribution in [2.45, 2.75) is 44.1 Å². The highest BCUT2D eigenvalue weighted by Gasteiger charge is 2.27. The van der Waals surface area contributed by atoms with Crippen LogP contribution in [0.15, 0.2) is 34.5 Å². The topological polar surface area (TPSA) is 90.1 Å². The van der Waals surface area contributed by atoms with Crippen molar-refractivity contribution in [2.75, 3.05) is 7.11 Å². The van der Waals surface area contributed by atoms with E-state index in [0.29, 0.717) is 32.9 Å². The maximum Gasteiger partial charge on any atom is 0.355 e. The summed E-state index contributed by atoms with van der Waals surface area (Å²) in [7, 11) is 1.59. The molecule has 3 heterocycles. The molecule has 10 heteroatoms. The highest BCUT2D eigenvalue weighted by atomic mass is 35.5. The van der Waals surface area contributed by atoms with Gasteiger partial charge in [0, 0.05) is 32.8 Å². The van der Waals surface area contributed by atoms with Gasteiger partial charge in [-0.2, -0.15) is 9.78 Å². The molecule has 0 aliphatic carbocycles. The lowest BCUT2D eigenvalue weighted by molar-refractivity contribution is 0.0688. The second-order valence-corrected chi connectivity index (χ2v) is 11.6.